The summed E-state index contributed by atoms with van der Waals surface area (Å²) in [6, 6.07) is 0. The summed E-state index contributed by atoms with van der Waals surface area (Å²) in [6.45, 7) is 3.83. The van der Waals surface area contributed by atoms with Gasteiger partial charge in [-0.25, -0.2) is 4.79 Å². The molecule has 0 unspecified atom stereocenters. The number of carbonyl (C=O) groups excluding carboxylic acids is 1. The van der Waals surface area contributed by atoms with Gasteiger partial charge >= 0.3 is 5.97 Å². The number of rotatable bonds is 3. The fraction of sp³-hybridized carbons (Fsp3) is 0.571. The Morgan fingerprint density at radius 1 is 1.64 bits per heavy atom. The summed E-state index contributed by atoms with van der Waals surface area (Å²) < 4.78 is 4.67. The lowest BCUT2D eigenvalue weighted by Crippen LogP contribution is -2.17. The Balaban J connectivity index is 4.22. The third kappa shape index (κ3) is 3.32. The molecule has 3 nitrogen and oxygen atoms in total. The Morgan fingerprint density at radius 3 is 2.55 bits per heavy atom. The molecule has 0 heterocycles. The maximum Gasteiger partial charge on any atom is 0.354 e. The van der Waals surface area contributed by atoms with E-state index in [-0.39, 0.29) is 5.70 Å². The van der Waals surface area contributed by atoms with E-state index in [1.807, 2.05) is 0 Å². The van der Waals surface area contributed by atoms with Gasteiger partial charge in [0.2, 0.25) is 0 Å². The van der Waals surface area contributed by atoms with E-state index in [0.29, 0.717) is 12.4 Å². The lowest BCUT2D eigenvalue weighted by atomic mass is 10.2. The fourth-order valence-electron chi connectivity index (χ4n) is 0.468. The molecule has 4 heteroatoms. The molecule has 0 saturated heterocycles. The van der Waals surface area contributed by atoms with E-state index in [0.717, 1.165) is 5.57 Å². The molecule has 0 radical (unpaired) electrons. The van der Waals surface area contributed by atoms with Crippen molar-refractivity contribution in [3.8, 4) is 0 Å². The van der Waals surface area contributed by atoms with Gasteiger partial charge in [-0.05, 0) is 19.4 Å². The summed E-state index contributed by atoms with van der Waals surface area (Å²) in [5, 5.41) is 0. The minimum atomic E-state index is -0.459. The molecule has 0 aliphatic carbocycles. The van der Waals surface area contributed by atoms with Crippen LogP contribution in [0.3, 0.4) is 0 Å². The Hall–Kier alpha value is -0.640. The van der Waals surface area contributed by atoms with Gasteiger partial charge in [0.05, 0.1) is 6.61 Å². The number of hydrogen-bond donors (Lipinski definition) is 2. The van der Waals surface area contributed by atoms with Crippen LogP contribution in [-0.2, 0) is 9.53 Å². The molecule has 0 aromatic heterocycles. The molecular formula is C7H13NO2S. The molecule has 0 amide bonds. The first-order chi connectivity index (χ1) is 5.13. The van der Waals surface area contributed by atoms with Crippen LogP contribution < -0.4 is 5.73 Å². The van der Waals surface area contributed by atoms with Crippen LogP contribution in [0.15, 0.2) is 11.3 Å². The number of ether oxygens (including phenoxy) is 1. The Kier molecular flexibility index (Phi) is 4.77. The van der Waals surface area contributed by atoms with Crippen LogP contribution in [0, 0.1) is 0 Å². The molecule has 0 saturated carbocycles. The summed E-state index contributed by atoms with van der Waals surface area (Å²) in [4.78, 5) is 10.9. The predicted molar refractivity (Wildman–Crippen MR) is 47.4 cm³/mol. The molecule has 0 spiro atoms. The van der Waals surface area contributed by atoms with Gasteiger partial charge in [-0.2, -0.15) is 12.6 Å². The maximum atomic E-state index is 10.9. The second-order valence-corrected chi connectivity index (χ2v) is 2.39. The molecule has 0 aromatic carbocycles. The fourth-order valence-corrected chi connectivity index (χ4v) is 0.639. The zero-order valence-corrected chi connectivity index (χ0v) is 7.65. The standard InChI is InChI=1S/C7H13NO2S/c1-3-10-7(9)6(8)5(2)4-11/h11H,3-4,8H2,1-2H3. The van der Waals surface area contributed by atoms with Crippen molar-refractivity contribution in [1.82, 2.24) is 0 Å². The van der Waals surface area contributed by atoms with Gasteiger partial charge in [-0.1, -0.05) is 0 Å². The third-order valence-electron chi connectivity index (χ3n) is 1.19. The van der Waals surface area contributed by atoms with Crippen LogP contribution in [0.2, 0.25) is 0 Å². The van der Waals surface area contributed by atoms with E-state index < -0.39 is 5.97 Å². The highest BCUT2D eigenvalue weighted by atomic mass is 32.1. The van der Waals surface area contributed by atoms with Crippen molar-refractivity contribution < 1.29 is 9.53 Å². The molecule has 0 fully saturated rings. The molecule has 0 aromatic rings. The van der Waals surface area contributed by atoms with Crippen molar-refractivity contribution >= 4 is 18.6 Å². The molecule has 64 valence electrons. The van der Waals surface area contributed by atoms with E-state index in [2.05, 4.69) is 17.4 Å². The summed E-state index contributed by atoms with van der Waals surface area (Å²) in [5.74, 6) is 0.0176. The first kappa shape index (κ1) is 10.4. The first-order valence-corrected chi connectivity index (χ1v) is 3.99. The lowest BCUT2D eigenvalue weighted by molar-refractivity contribution is -0.138. The topological polar surface area (TPSA) is 52.3 Å². The minimum Gasteiger partial charge on any atom is -0.461 e. The highest BCUT2D eigenvalue weighted by Gasteiger charge is 2.07. The quantitative estimate of drug-likeness (QED) is 0.377. The van der Waals surface area contributed by atoms with Gasteiger partial charge in [-0.15, -0.1) is 0 Å². The van der Waals surface area contributed by atoms with Crippen LogP contribution in [0.4, 0.5) is 0 Å². The van der Waals surface area contributed by atoms with Crippen LogP contribution >= 0.6 is 12.6 Å². The van der Waals surface area contributed by atoms with Crippen molar-refractivity contribution in [1.29, 1.82) is 0 Å². The molecule has 0 rings (SSSR count). The number of hydrogen-bond acceptors (Lipinski definition) is 4. The molecule has 2 N–H and O–H groups in total. The van der Waals surface area contributed by atoms with Crippen molar-refractivity contribution in [2.45, 2.75) is 13.8 Å². The number of carbonyl (C=O) groups is 1. The van der Waals surface area contributed by atoms with Crippen molar-refractivity contribution in [2.75, 3.05) is 12.4 Å². The molecule has 0 aliphatic rings. The van der Waals surface area contributed by atoms with E-state index in [1.54, 1.807) is 13.8 Å². The van der Waals surface area contributed by atoms with Crippen LogP contribution in [-0.4, -0.2) is 18.3 Å². The number of nitrogens with two attached hydrogens (primary N) is 1. The lowest BCUT2D eigenvalue weighted by Gasteiger charge is -2.03. The van der Waals surface area contributed by atoms with Gasteiger partial charge < -0.3 is 10.5 Å². The number of esters is 1. The molecular weight excluding hydrogens is 162 g/mol. The van der Waals surface area contributed by atoms with Gasteiger partial charge in [0.1, 0.15) is 5.70 Å². The highest BCUT2D eigenvalue weighted by Crippen LogP contribution is 2.01. The summed E-state index contributed by atoms with van der Waals surface area (Å²) >= 11 is 3.97. The van der Waals surface area contributed by atoms with E-state index >= 15 is 0 Å². The largest absolute Gasteiger partial charge is 0.461 e. The van der Waals surface area contributed by atoms with Crippen LogP contribution in [0.25, 0.3) is 0 Å². The first-order valence-electron chi connectivity index (χ1n) is 3.36. The highest BCUT2D eigenvalue weighted by molar-refractivity contribution is 7.80. The van der Waals surface area contributed by atoms with Crippen LogP contribution in [0.1, 0.15) is 13.8 Å². The van der Waals surface area contributed by atoms with Crippen molar-refractivity contribution in [3.05, 3.63) is 11.3 Å². The minimum absolute atomic E-state index is 0.168. The van der Waals surface area contributed by atoms with Gasteiger partial charge in [0, 0.05) is 5.75 Å². The maximum absolute atomic E-state index is 10.9. The average molecular weight is 175 g/mol. The van der Waals surface area contributed by atoms with Crippen molar-refractivity contribution in [3.63, 3.8) is 0 Å². The van der Waals surface area contributed by atoms with Gasteiger partial charge in [0.15, 0.2) is 0 Å². The van der Waals surface area contributed by atoms with E-state index in [1.165, 1.54) is 0 Å². The Morgan fingerprint density at radius 2 is 2.18 bits per heavy atom. The van der Waals surface area contributed by atoms with Gasteiger partial charge in [-0.3, -0.25) is 0 Å². The zero-order chi connectivity index (χ0) is 8.85. The SMILES string of the molecule is CCOC(=O)C(N)=C(C)CS. The summed E-state index contributed by atoms with van der Waals surface area (Å²) in [5.41, 5.74) is 6.32. The van der Waals surface area contributed by atoms with Crippen molar-refractivity contribution in [2.24, 2.45) is 5.73 Å². The molecule has 0 bridgehead atoms. The normalized spacial score (nSPS) is 12.3. The molecule has 0 atom stereocenters. The van der Waals surface area contributed by atoms with Gasteiger partial charge in [0.25, 0.3) is 0 Å². The third-order valence-corrected chi connectivity index (χ3v) is 1.67. The molecule has 0 aliphatic heterocycles. The number of thiol groups is 1. The molecule has 11 heavy (non-hydrogen) atoms. The second kappa shape index (κ2) is 5.07. The Bertz CT molecular complexity index is 177. The average Bonchev–Trinajstić information content (AvgIpc) is 2.02. The predicted octanol–water partition coefficient (Wildman–Crippen LogP) is 0.712. The smallest absolute Gasteiger partial charge is 0.354 e. The monoisotopic (exact) mass is 175 g/mol. The van der Waals surface area contributed by atoms with E-state index in [9.17, 15) is 4.79 Å². The van der Waals surface area contributed by atoms with Crippen LogP contribution in [0.5, 0.6) is 0 Å². The van der Waals surface area contributed by atoms with E-state index in [4.69, 9.17) is 5.73 Å². The summed E-state index contributed by atoms with van der Waals surface area (Å²) in [6.07, 6.45) is 0. The second-order valence-electron chi connectivity index (χ2n) is 2.07. The Labute approximate surface area is 72.0 Å². The zero-order valence-electron chi connectivity index (χ0n) is 6.76. The summed E-state index contributed by atoms with van der Waals surface area (Å²) in [7, 11) is 0.